The van der Waals surface area contributed by atoms with Gasteiger partial charge in [-0.15, -0.1) is 0 Å². The highest BCUT2D eigenvalue weighted by atomic mass is 32.2. The van der Waals surface area contributed by atoms with Crippen molar-refractivity contribution in [1.82, 2.24) is 5.32 Å². The van der Waals surface area contributed by atoms with E-state index < -0.39 is 10.0 Å². The van der Waals surface area contributed by atoms with Crippen LogP contribution in [-0.2, 0) is 27.7 Å². The summed E-state index contributed by atoms with van der Waals surface area (Å²) in [5, 5.41) is 2.72. The number of fused-ring (bicyclic) bond motifs is 1. The van der Waals surface area contributed by atoms with Crippen LogP contribution in [0.5, 0.6) is 5.75 Å². The van der Waals surface area contributed by atoms with Crippen LogP contribution in [0.25, 0.3) is 0 Å². The number of hydrogen-bond acceptors (Lipinski definition) is 4. The fraction of sp³-hybridized carbons (Fsp3) is 0.316. The molecule has 1 amide bonds. The van der Waals surface area contributed by atoms with Crippen molar-refractivity contribution in [2.75, 3.05) is 11.3 Å². The molecule has 0 aromatic heterocycles. The standard InChI is InChI=1S/C19H22N2O4S/c1-13-11-16-12-17(5-8-19(16)25-13)21-26(23,24)18-6-3-15(4-7-18)9-10-20-14(2)22/h3-8,12-13,21H,9-11H2,1-2H3,(H,20,22). The fourth-order valence-electron chi connectivity index (χ4n) is 2.92. The van der Waals surface area contributed by atoms with E-state index in [-0.39, 0.29) is 16.9 Å². The normalized spacial score (nSPS) is 15.8. The zero-order valence-electron chi connectivity index (χ0n) is 14.8. The third-order valence-corrected chi connectivity index (χ3v) is 5.57. The average Bonchev–Trinajstić information content (AvgIpc) is 2.94. The number of nitrogens with one attached hydrogen (secondary N) is 2. The Morgan fingerprint density at radius 1 is 1.19 bits per heavy atom. The van der Waals surface area contributed by atoms with Gasteiger partial charge in [-0.2, -0.15) is 0 Å². The van der Waals surface area contributed by atoms with Crippen molar-refractivity contribution in [3.05, 3.63) is 53.6 Å². The van der Waals surface area contributed by atoms with Crippen LogP contribution in [-0.4, -0.2) is 27.0 Å². The lowest BCUT2D eigenvalue weighted by Gasteiger charge is -2.10. The summed E-state index contributed by atoms with van der Waals surface area (Å²) in [6.07, 6.45) is 1.53. The number of carbonyl (C=O) groups is 1. The van der Waals surface area contributed by atoms with Crippen LogP contribution in [0.3, 0.4) is 0 Å². The second kappa shape index (κ2) is 7.37. The van der Waals surface area contributed by atoms with E-state index in [0.29, 0.717) is 18.7 Å². The van der Waals surface area contributed by atoms with E-state index in [9.17, 15) is 13.2 Å². The minimum Gasteiger partial charge on any atom is -0.490 e. The van der Waals surface area contributed by atoms with Gasteiger partial charge in [0, 0.05) is 25.6 Å². The zero-order chi connectivity index (χ0) is 18.7. The molecular formula is C19H22N2O4S. The summed E-state index contributed by atoms with van der Waals surface area (Å²) < 4.78 is 33.4. The lowest BCUT2D eigenvalue weighted by Crippen LogP contribution is -2.22. The molecule has 3 rings (SSSR count). The van der Waals surface area contributed by atoms with Gasteiger partial charge in [0.25, 0.3) is 10.0 Å². The maximum Gasteiger partial charge on any atom is 0.261 e. The Morgan fingerprint density at radius 3 is 2.62 bits per heavy atom. The molecule has 138 valence electrons. The monoisotopic (exact) mass is 374 g/mol. The summed E-state index contributed by atoms with van der Waals surface area (Å²) >= 11 is 0. The van der Waals surface area contributed by atoms with Gasteiger partial charge in [-0.25, -0.2) is 8.42 Å². The number of rotatable bonds is 6. The molecular weight excluding hydrogens is 352 g/mol. The van der Waals surface area contributed by atoms with Gasteiger partial charge in [0.1, 0.15) is 11.9 Å². The summed E-state index contributed by atoms with van der Waals surface area (Å²) in [6, 6.07) is 12.0. The quantitative estimate of drug-likeness (QED) is 0.814. The third kappa shape index (κ3) is 4.35. The molecule has 0 radical (unpaired) electrons. The van der Waals surface area contributed by atoms with E-state index in [1.165, 1.54) is 6.92 Å². The van der Waals surface area contributed by atoms with Gasteiger partial charge in [-0.05, 0) is 54.8 Å². The van der Waals surface area contributed by atoms with Crippen LogP contribution in [0.2, 0.25) is 0 Å². The van der Waals surface area contributed by atoms with Gasteiger partial charge in [0.2, 0.25) is 5.91 Å². The number of carbonyl (C=O) groups excluding carboxylic acids is 1. The molecule has 1 aliphatic heterocycles. The maximum absolute atomic E-state index is 12.6. The smallest absolute Gasteiger partial charge is 0.261 e. The highest BCUT2D eigenvalue weighted by Crippen LogP contribution is 2.31. The van der Waals surface area contributed by atoms with Crippen molar-refractivity contribution in [3.63, 3.8) is 0 Å². The number of benzene rings is 2. The Bertz CT molecular complexity index is 908. The first-order chi connectivity index (χ1) is 12.3. The molecule has 1 atom stereocenters. The van der Waals surface area contributed by atoms with Crippen LogP contribution in [0.1, 0.15) is 25.0 Å². The summed E-state index contributed by atoms with van der Waals surface area (Å²) in [5.74, 6) is 0.728. The molecule has 0 saturated carbocycles. The number of amides is 1. The molecule has 0 bridgehead atoms. The van der Waals surface area contributed by atoms with Crippen LogP contribution in [0.4, 0.5) is 5.69 Å². The topological polar surface area (TPSA) is 84.5 Å². The van der Waals surface area contributed by atoms with Crippen LogP contribution in [0.15, 0.2) is 47.4 Å². The molecule has 2 aromatic rings. The van der Waals surface area contributed by atoms with Crippen LogP contribution < -0.4 is 14.8 Å². The number of anilines is 1. The largest absolute Gasteiger partial charge is 0.490 e. The number of sulfonamides is 1. The lowest BCUT2D eigenvalue weighted by atomic mass is 10.1. The first kappa shape index (κ1) is 18.3. The van der Waals surface area contributed by atoms with Crippen LogP contribution >= 0.6 is 0 Å². The molecule has 0 fully saturated rings. The van der Waals surface area contributed by atoms with Crippen molar-refractivity contribution in [1.29, 1.82) is 0 Å². The molecule has 2 aromatic carbocycles. The Hall–Kier alpha value is -2.54. The second-order valence-electron chi connectivity index (χ2n) is 6.44. The molecule has 1 unspecified atom stereocenters. The summed E-state index contributed by atoms with van der Waals surface area (Å²) in [5.41, 5.74) is 2.49. The Kier molecular flexibility index (Phi) is 5.18. The Balaban J connectivity index is 1.68. The average molecular weight is 374 g/mol. The first-order valence-electron chi connectivity index (χ1n) is 8.49. The SMILES string of the molecule is CC(=O)NCCc1ccc(S(=O)(=O)Nc2ccc3c(c2)CC(C)O3)cc1. The van der Waals surface area contributed by atoms with Crippen molar-refractivity contribution in [3.8, 4) is 5.75 Å². The lowest BCUT2D eigenvalue weighted by molar-refractivity contribution is -0.118. The maximum atomic E-state index is 12.6. The van der Waals surface area contributed by atoms with Gasteiger partial charge in [-0.3, -0.25) is 9.52 Å². The highest BCUT2D eigenvalue weighted by molar-refractivity contribution is 7.92. The van der Waals surface area contributed by atoms with Gasteiger partial charge >= 0.3 is 0 Å². The zero-order valence-corrected chi connectivity index (χ0v) is 15.6. The van der Waals surface area contributed by atoms with E-state index in [1.807, 2.05) is 13.0 Å². The number of hydrogen-bond donors (Lipinski definition) is 2. The summed E-state index contributed by atoms with van der Waals surface area (Å²) in [6.45, 7) is 3.97. The van der Waals surface area contributed by atoms with E-state index in [0.717, 1.165) is 23.3 Å². The van der Waals surface area contributed by atoms with Crippen molar-refractivity contribution in [2.45, 2.75) is 37.7 Å². The summed E-state index contributed by atoms with van der Waals surface area (Å²) in [7, 11) is -3.66. The van der Waals surface area contributed by atoms with E-state index in [1.54, 1.807) is 36.4 Å². The molecule has 2 N–H and O–H groups in total. The van der Waals surface area contributed by atoms with Crippen molar-refractivity contribution in [2.24, 2.45) is 0 Å². The molecule has 0 spiro atoms. The van der Waals surface area contributed by atoms with Crippen LogP contribution in [0, 0.1) is 0 Å². The second-order valence-corrected chi connectivity index (χ2v) is 8.12. The van der Waals surface area contributed by atoms with E-state index in [2.05, 4.69) is 10.0 Å². The molecule has 7 heteroatoms. The molecule has 0 saturated heterocycles. The highest BCUT2D eigenvalue weighted by Gasteiger charge is 2.20. The van der Waals surface area contributed by atoms with Gasteiger partial charge in [0.15, 0.2) is 0 Å². The van der Waals surface area contributed by atoms with E-state index in [4.69, 9.17) is 4.74 Å². The minimum absolute atomic E-state index is 0.0810. The fourth-order valence-corrected chi connectivity index (χ4v) is 3.97. The summed E-state index contributed by atoms with van der Waals surface area (Å²) in [4.78, 5) is 11.1. The third-order valence-electron chi connectivity index (χ3n) is 4.17. The van der Waals surface area contributed by atoms with Crippen molar-refractivity contribution < 1.29 is 17.9 Å². The molecule has 26 heavy (non-hydrogen) atoms. The molecule has 6 nitrogen and oxygen atoms in total. The molecule has 0 aliphatic carbocycles. The Morgan fingerprint density at radius 2 is 1.92 bits per heavy atom. The predicted octanol–water partition coefficient (Wildman–Crippen LogP) is 2.49. The van der Waals surface area contributed by atoms with Gasteiger partial charge in [0.05, 0.1) is 4.90 Å². The molecule has 1 heterocycles. The van der Waals surface area contributed by atoms with E-state index >= 15 is 0 Å². The van der Waals surface area contributed by atoms with Gasteiger partial charge < -0.3 is 10.1 Å². The minimum atomic E-state index is -3.66. The molecule has 1 aliphatic rings. The predicted molar refractivity (Wildman–Crippen MR) is 99.9 cm³/mol. The van der Waals surface area contributed by atoms with Gasteiger partial charge in [-0.1, -0.05) is 12.1 Å². The first-order valence-corrected chi connectivity index (χ1v) is 9.97. The number of ether oxygens (including phenoxy) is 1. The van der Waals surface area contributed by atoms with Crippen molar-refractivity contribution >= 4 is 21.6 Å². The Labute approximate surface area is 153 Å².